The first-order valence-electron chi connectivity index (χ1n) is 8.23. The summed E-state index contributed by atoms with van der Waals surface area (Å²) in [5.41, 5.74) is 3.77. The van der Waals surface area contributed by atoms with Crippen LogP contribution in [0.3, 0.4) is 0 Å². The third-order valence-corrected chi connectivity index (χ3v) is 3.80. The fourth-order valence-electron chi connectivity index (χ4n) is 2.57. The smallest absolute Gasteiger partial charge is 0.220 e. The van der Waals surface area contributed by atoms with Crippen LogP contribution in [0, 0.1) is 20.4 Å². The van der Waals surface area contributed by atoms with Gasteiger partial charge in [-0.15, -0.1) is 0 Å². The van der Waals surface area contributed by atoms with Gasteiger partial charge in [-0.25, -0.2) is 4.85 Å². The molecule has 0 aliphatic carbocycles. The molecule has 1 heterocycles. The lowest BCUT2D eigenvalue weighted by Crippen LogP contribution is -2.35. The number of hydrogen-bond acceptors (Lipinski definition) is 0. The van der Waals surface area contributed by atoms with Crippen LogP contribution in [0.5, 0.6) is 0 Å². The van der Waals surface area contributed by atoms with Crippen molar-refractivity contribution in [1.29, 1.82) is 0 Å². The predicted octanol–water partition coefficient (Wildman–Crippen LogP) is 4.50. The van der Waals surface area contributed by atoms with Crippen molar-refractivity contribution in [2.24, 2.45) is 7.05 Å². The van der Waals surface area contributed by atoms with Crippen LogP contribution in [0.2, 0.25) is 0 Å². The Morgan fingerprint density at radius 1 is 1.24 bits per heavy atom. The first-order valence-corrected chi connectivity index (χ1v) is 6.73. The average molecular weight is 276 g/mol. The summed E-state index contributed by atoms with van der Waals surface area (Å²) in [4.78, 5) is 3.46. The highest BCUT2D eigenvalue weighted by molar-refractivity contribution is 5.95. The lowest BCUT2D eigenvalue weighted by Gasteiger charge is -2.10. The van der Waals surface area contributed by atoms with Crippen LogP contribution < -0.4 is 4.57 Å². The van der Waals surface area contributed by atoms with Crippen molar-refractivity contribution in [3.63, 3.8) is 0 Å². The van der Waals surface area contributed by atoms with E-state index in [1.807, 2.05) is 31.5 Å². The molecule has 2 aromatic carbocycles. The van der Waals surface area contributed by atoms with Crippen molar-refractivity contribution < 1.29 is 8.68 Å². The molecule has 0 saturated heterocycles. The molecule has 3 aromatic rings. The highest BCUT2D eigenvalue weighted by atomic mass is 14.9. The van der Waals surface area contributed by atoms with Crippen LogP contribution in [-0.2, 0) is 7.05 Å². The van der Waals surface area contributed by atoms with Gasteiger partial charge in [-0.05, 0) is 30.0 Å². The summed E-state index contributed by atoms with van der Waals surface area (Å²) in [5.74, 6) is 0. The maximum atomic E-state index is 8.40. The monoisotopic (exact) mass is 276 g/mol. The van der Waals surface area contributed by atoms with Crippen LogP contribution in [-0.4, -0.2) is 0 Å². The Kier molecular flexibility index (Phi) is 2.42. The second kappa shape index (κ2) is 5.03. The van der Waals surface area contributed by atoms with Gasteiger partial charge in [0.05, 0.1) is 16.1 Å². The molecule has 21 heavy (non-hydrogen) atoms. The number of rotatable bonds is 1. The first-order chi connectivity index (χ1) is 11.3. The SMILES string of the molecule is [2H]c1cc([2H])c(C)c(-c2c3ccc([N+]#[C-])cc3c([2H])c(C)[n+]2C)c1. The first kappa shape index (κ1) is 10.1. The molecule has 0 aliphatic heterocycles. The highest BCUT2D eigenvalue weighted by Gasteiger charge is 2.19. The molecular formula is C19H17N2+. The Bertz CT molecular complexity index is 1030. The summed E-state index contributed by atoms with van der Waals surface area (Å²) in [6, 6.07) is 9.65. The van der Waals surface area contributed by atoms with Gasteiger partial charge in [0, 0.05) is 18.5 Å². The highest BCUT2D eigenvalue weighted by Crippen LogP contribution is 2.30. The summed E-state index contributed by atoms with van der Waals surface area (Å²) in [7, 11) is 1.89. The minimum absolute atomic E-state index is 0.291. The number of benzene rings is 2. The van der Waals surface area contributed by atoms with Gasteiger partial charge < -0.3 is 0 Å². The average Bonchev–Trinajstić information content (AvgIpc) is 2.56. The van der Waals surface area contributed by atoms with E-state index in [1.165, 1.54) is 6.07 Å². The van der Waals surface area contributed by atoms with E-state index in [-0.39, 0.29) is 0 Å². The fraction of sp³-hybridized carbons (Fsp3) is 0.158. The molecule has 0 N–H and O–H groups in total. The van der Waals surface area contributed by atoms with Gasteiger partial charge in [-0.1, -0.05) is 30.3 Å². The lowest BCUT2D eigenvalue weighted by atomic mass is 9.98. The van der Waals surface area contributed by atoms with Crippen LogP contribution in [0.15, 0.2) is 48.5 Å². The molecular weight excluding hydrogens is 256 g/mol. The second-order valence-electron chi connectivity index (χ2n) is 5.10. The fourth-order valence-corrected chi connectivity index (χ4v) is 2.57. The number of pyridine rings is 1. The van der Waals surface area contributed by atoms with Crippen LogP contribution >= 0.6 is 0 Å². The van der Waals surface area contributed by atoms with Crippen LogP contribution in [0.1, 0.15) is 15.4 Å². The Balaban J connectivity index is 2.52. The number of fused-ring (bicyclic) bond motifs is 1. The molecule has 0 fully saturated rings. The van der Waals surface area contributed by atoms with Gasteiger partial charge in [-0.2, -0.15) is 4.57 Å². The van der Waals surface area contributed by atoms with Gasteiger partial charge >= 0.3 is 0 Å². The molecule has 3 rings (SSSR count). The second-order valence-corrected chi connectivity index (χ2v) is 5.10. The van der Waals surface area contributed by atoms with E-state index >= 15 is 0 Å². The van der Waals surface area contributed by atoms with Gasteiger partial charge in [0.2, 0.25) is 5.69 Å². The van der Waals surface area contributed by atoms with E-state index in [4.69, 9.17) is 10.7 Å². The maximum absolute atomic E-state index is 8.40. The number of aromatic nitrogens is 1. The van der Waals surface area contributed by atoms with E-state index in [1.54, 1.807) is 18.2 Å². The predicted molar refractivity (Wildman–Crippen MR) is 86.3 cm³/mol. The van der Waals surface area contributed by atoms with E-state index in [0.717, 1.165) is 33.3 Å². The van der Waals surface area contributed by atoms with Crippen molar-refractivity contribution in [3.05, 3.63) is 71.1 Å². The molecule has 0 spiro atoms. The third kappa shape index (κ3) is 2.17. The van der Waals surface area contributed by atoms with Crippen molar-refractivity contribution in [3.8, 4) is 11.3 Å². The Labute approximate surface area is 129 Å². The molecule has 2 nitrogen and oxygen atoms in total. The summed E-state index contributed by atoms with van der Waals surface area (Å²) in [6.07, 6.45) is 0. The van der Waals surface area contributed by atoms with E-state index in [2.05, 4.69) is 4.85 Å². The molecule has 0 atom stereocenters. The normalized spacial score (nSPS) is 12.6. The molecule has 1 aromatic heterocycles. The zero-order chi connectivity index (χ0) is 17.6. The largest absolute Gasteiger partial charge is 0.238 e. The van der Waals surface area contributed by atoms with Gasteiger partial charge in [-0.3, -0.25) is 0 Å². The van der Waals surface area contributed by atoms with Crippen molar-refractivity contribution in [1.82, 2.24) is 0 Å². The Hall–Kier alpha value is -2.66. The summed E-state index contributed by atoms with van der Waals surface area (Å²) < 4.78 is 26.4. The van der Waals surface area contributed by atoms with E-state index in [9.17, 15) is 0 Å². The van der Waals surface area contributed by atoms with Gasteiger partial charge in [0.1, 0.15) is 7.05 Å². The third-order valence-electron chi connectivity index (χ3n) is 3.80. The van der Waals surface area contributed by atoms with Gasteiger partial charge in [0.15, 0.2) is 11.4 Å². The molecule has 0 bridgehead atoms. The molecule has 0 saturated carbocycles. The number of nitrogens with zero attached hydrogens (tertiary/aromatic N) is 2. The minimum Gasteiger partial charge on any atom is -0.238 e. The Morgan fingerprint density at radius 3 is 2.81 bits per heavy atom. The van der Waals surface area contributed by atoms with Crippen LogP contribution in [0.4, 0.5) is 5.69 Å². The Morgan fingerprint density at radius 2 is 2.05 bits per heavy atom. The van der Waals surface area contributed by atoms with Crippen molar-refractivity contribution in [2.45, 2.75) is 13.8 Å². The topological polar surface area (TPSA) is 8.24 Å². The minimum atomic E-state index is 0.291. The quantitative estimate of drug-likeness (QED) is 0.457. The molecule has 102 valence electrons. The van der Waals surface area contributed by atoms with Crippen LogP contribution in [0.25, 0.3) is 26.9 Å². The molecule has 0 unspecified atom stereocenters. The molecule has 0 aliphatic rings. The number of hydrogen-bond donors (Lipinski definition) is 0. The summed E-state index contributed by atoms with van der Waals surface area (Å²) in [5, 5.41) is 1.57. The maximum Gasteiger partial charge on any atom is 0.220 e. The van der Waals surface area contributed by atoms with E-state index in [0.29, 0.717) is 23.8 Å². The van der Waals surface area contributed by atoms with Crippen molar-refractivity contribution >= 4 is 16.5 Å². The molecule has 2 heteroatoms. The standard InChI is InChI=1S/C19H17N2/c1-13-7-5-6-8-17(13)19-18-10-9-16(20-3)12-15(18)11-14(2)21(19)4/h5-12H,1-2,4H3/q+1/i6D,7D,11D. The summed E-state index contributed by atoms with van der Waals surface area (Å²) >= 11 is 0. The summed E-state index contributed by atoms with van der Waals surface area (Å²) in [6.45, 7) is 11.0. The van der Waals surface area contributed by atoms with E-state index < -0.39 is 0 Å². The molecule has 0 radical (unpaired) electrons. The van der Waals surface area contributed by atoms with Gasteiger partial charge in [0.25, 0.3) is 0 Å². The van der Waals surface area contributed by atoms with Crippen molar-refractivity contribution in [2.75, 3.05) is 0 Å². The lowest BCUT2D eigenvalue weighted by molar-refractivity contribution is -0.665. The zero-order valence-electron chi connectivity index (χ0n) is 15.3. The zero-order valence-corrected chi connectivity index (χ0v) is 12.3. The molecule has 0 amide bonds.